The van der Waals surface area contributed by atoms with Gasteiger partial charge in [0.1, 0.15) is 12.2 Å². The highest BCUT2D eigenvalue weighted by Gasteiger charge is 2.20. The van der Waals surface area contributed by atoms with Crippen LogP contribution in [-0.4, -0.2) is 50.2 Å². The van der Waals surface area contributed by atoms with Gasteiger partial charge in [0.05, 0.1) is 13.2 Å². The van der Waals surface area contributed by atoms with Crippen molar-refractivity contribution in [3.8, 4) is 0 Å². The molecule has 0 aliphatic heterocycles. The van der Waals surface area contributed by atoms with Crippen LogP contribution in [0.5, 0.6) is 0 Å². The lowest BCUT2D eigenvalue weighted by molar-refractivity contribution is -0.0191. The Morgan fingerprint density at radius 3 is 2.67 bits per heavy atom. The van der Waals surface area contributed by atoms with Gasteiger partial charge in [0.15, 0.2) is 0 Å². The van der Waals surface area contributed by atoms with E-state index >= 15 is 0 Å². The average molecular weight is 250 g/mol. The molecular formula is C11H14N4O3. The first-order valence-corrected chi connectivity index (χ1v) is 5.50. The van der Waals surface area contributed by atoms with E-state index in [0.717, 1.165) is 5.56 Å². The number of hydrogen-bond donors (Lipinski definition) is 3. The summed E-state index contributed by atoms with van der Waals surface area (Å²) in [5.41, 5.74) is 0.851. The molecule has 0 bridgehead atoms. The minimum atomic E-state index is -0.928. The van der Waals surface area contributed by atoms with Gasteiger partial charge >= 0.3 is 0 Å². The summed E-state index contributed by atoms with van der Waals surface area (Å²) >= 11 is 0. The minimum absolute atomic E-state index is 0.00932. The molecule has 2 aromatic rings. The number of nitrogens with zero attached hydrogens (tertiary/aromatic N) is 3. The van der Waals surface area contributed by atoms with Gasteiger partial charge in [-0.05, 0) is 5.56 Å². The second-order valence-electron chi connectivity index (χ2n) is 3.73. The zero-order valence-electron chi connectivity index (χ0n) is 9.60. The lowest BCUT2D eigenvalue weighted by Gasteiger charge is -2.16. The van der Waals surface area contributed by atoms with E-state index < -0.39 is 12.2 Å². The quantitative estimate of drug-likeness (QED) is 0.648. The first-order valence-electron chi connectivity index (χ1n) is 5.50. The molecule has 1 heterocycles. The van der Waals surface area contributed by atoms with E-state index in [1.165, 1.54) is 0 Å². The number of H-pyrrole nitrogens is 1. The van der Waals surface area contributed by atoms with Crippen LogP contribution in [0.15, 0.2) is 30.3 Å². The van der Waals surface area contributed by atoms with Gasteiger partial charge in [0.2, 0.25) is 5.82 Å². The maximum atomic E-state index is 9.31. The van der Waals surface area contributed by atoms with Crippen LogP contribution in [0.4, 0.5) is 0 Å². The van der Waals surface area contributed by atoms with E-state index in [-0.39, 0.29) is 13.2 Å². The van der Waals surface area contributed by atoms with Gasteiger partial charge in [-0.25, -0.2) is 0 Å². The Bertz CT molecular complexity index is 449. The second kappa shape index (κ2) is 6.20. The van der Waals surface area contributed by atoms with Crippen LogP contribution in [0.1, 0.15) is 17.5 Å². The fourth-order valence-electron chi connectivity index (χ4n) is 1.49. The van der Waals surface area contributed by atoms with Crippen molar-refractivity contribution < 1.29 is 14.9 Å². The molecule has 1 aromatic carbocycles. The second-order valence-corrected chi connectivity index (χ2v) is 3.73. The standard InChI is InChI=1S/C11H14N4O3/c16-6-9(17)7-18-10(11-12-14-15-13-11)8-4-2-1-3-5-8/h1-5,9-10,16-17H,6-7H2,(H,12,13,14,15). The van der Waals surface area contributed by atoms with Crippen molar-refractivity contribution in [2.24, 2.45) is 0 Å². The summed E-state index contributed by atoms with van der Waals surface area (Å²) in [4.78, 5) is 0. The normalized spacial score (nSPS) is 14.3. The molecular weight excluding hydrogens is 236 g/mol. The van der Waals surface area contributed by atoms with Crippen molar-refractivity contribution in [1.82, 2.24) is 20.6 Å². The number of hydrogen-bond acceptors (Lipinski definition) is 6. The highest BCUT2D eigenvalue weighted by Crippen LogP contribution is 2.22. The number of aliphatic hydroxyl groups is 2. The van der Waals surface area contributed by atoms with Gasteiger partial charge < -0.3 is 14.9 Å². The zero-order chi connectivity index (χ0) is 12.8. The molecule has 2 unspecified atom stereocenters. The van der Waals surface area contributed by atoms with E-state index in [1.54, 1.807) is 0 Å². The smallest absolute Gasteiger partial charge is 0.207 e. The number of benzene rings is 1. The number of aliphatic hydroxyl groups excluding tert-OH is 2. The average Bonchev–Trinajstić information content (AvgIpc) is 2.94. The number of tetrazole rings is 1. The maximum absolute atomic E-state index is 9.31. The summed E-state index contributed by atoms with van der Waals surface area (Å²) in [7, 11) is 0. The molecule has 96 valence electrons. The lowest BCUT2D eigenvalue weighted by Crippen LogP contribution is -2.22. The van der Waals surface area contributed by atoms with Crippen molar-refractivity contribution in [2.45, 2.75) is 12.2 Å². The summed E-state index contributed by atoms with van der Waals surface area (Å²) in [6.45, 7) is -0.363. The van der Waals surface area contributed by atoms with E-state index in [2.05, 4.69) is 20.6 Å². The molecule has 2 rings (SSSR count). The van der Waals surface area contributed by atoms with E-state index in [4.69, 9.17) is 9.84 Å². The van der Waals surface area contributed by atoms with Crippen LogP contribution < -0.4 is 0 Å². The molecule has 0 saturated heterocycles. The highest BCUT2D eigenvalue weighted by molar-refractivity contribution is 5.22. The van der Waals surface area contributed by atoms with Gasteiger partial charge in [-0.3, -0.25) is 0 Å². The lowest BCUT2D eigenvalue weighted by atomic mass is 10.1. The predicted octanol–water partition coefficient (Wildman–Crippen LogP) is -0.341. The molecule has 18 heavy (non-hydrogen) atoms. The molecule has 0 aliphatic rings. The molecule has 7 heteroatoms. The summed E-state index contributed by atoms with van der Waals surface area (Å²) in [6, 6.07) is 9.36. The molecule has 0 radical (unpaired) electrons. The van der Waals surface area contributed by atoms with Crippen molar-refractivity contribution >= 4 is 0 Å². The zero-order valence-corrected chi connectivity index (χ0v) is 9.60. The van der Waals surface area contributed by atoms with Gasteiger partial charge in [-0.2, -0.15) is 5.21 Å². The van der Waals surface area contributed by atoms with Crippen LogP contribution in [0.2, 0.25) is 0 Å². The number of aromatic amines is 1. The van der Waals surface area contributed by atoms with Gasteiger partial charge in [0, 0.05) is 0 Å². The molecule has 0 fully saturated rings. The van der Waals surface area contributed by atoms with Gasteiger partial charge in [-0.1, -0.05) is 35.5 Å². The fraction of sp³-hybridized carbons (Fsp3) is 0.364. The number of aromatic nitrogens is 4. The molecule has 2 atom stereocenters. The fourth-order valence-corrected chi connectivity index (χ4v) is 1.49. The van der Waals surface area contributed by atoms with Crippen LogP contribution in [0.3, 0.4) is 0 Å². The number of rotatable bonds is 6. The minimum Gasteiger partial charge on any atom is -0.394 e. The van der Waals surface area contributed by atoms with E-state index in [1.807, 2.05) is 30.3 Å². The van der Waals surface area contributed by atoms with Crippen molar-refractivity contribution in [2.75, 3.05) is 13.2 Å². The third-order valence-corrected chi connectivity index (χ3v) is 2.36. The van der Waals surface area contributed by atoms with Crippen molar-refractivity contribution in [1.29, 1.82) is 0 Å². The van der Waals surface area contributed by atoms with Crippen molar-refractivity contribution in [3.63, 3.8) is 0 Å². The van der Waals surface area contributed by atoms with Crippen LogP contribution in [-0.2, 0) is 4.74 Å². The summed E-state index contributed by atoms with van der Waals surface area (Å²) < 4.78 is 5.53. The van der Waals surface area contributed by atoms with E-state index in [9.17, 15) is 5.11 Å². The Hall–Kier alpha value is -1.83. The predicted molar refractivity (Wildman–Crippen MR) is 61.5 cm³/mol. The third-order valence-electron chi connectivity index (χ3n) is 2.36. The molecule has 0 aliphatic carbocycles. The summed E-state index contributed by atoms with van der Waals surface area (Å²) in [5, 5.41) is 31.7. The monoisotopic (exact) mass is 250 g/mol. The Labute approximate surface area is 103 Å². The Morgan fingerprint density at radius 2 is 2.06 bits per heavy atom. The highest BCUT2D eigenvalue weighted by atomic mass is 16.5. The summed E-state index contributed by atoms with van der Waals surface area (Å²) in [5.74, 6) is 0.381. The van der Waals surface area contributed by atoms with Crippen LogP contribution >= 0.6 is 0 Å². The molecule has 3 N–H and O–H groups in total. The third kappa shape index (κ3) is 3.10. The molecule has 0 amide bonds. The first-order chi connectivity index (χ1) is 8.81. The summed E-state index contributed by atoms with van der Waals surface area (Å²) in [6.07, 6.45) is -1.45. The van der Waals surface area contributed by atoms with Gasteiger partial charge in [-0.15, -0.1) is 10.2 Å². The molecule has 0 spiro atoms. The SMILES string of the molecule is OCC(O)COC(c1ccccc1)c1nn[nH]n1. The van der Waals surface area contributed by atoms with Crippen molar-refractivity contribution in [3.05, 3.63) is 41.7 Å². The first kappa shape index (κ1) is 12.6. The largest absolute Gasteiger partial charge is 0.394 e. The van der Waals surface area contributed by atoms with Crippen LogP contribution in [0.25, 0.3) is 0 Å². The Kier molecular flexibility index (Phi) is 4.35. The Morgan fingerprint density at radius 1 is 1.28 bits per heavy atom. The maximum Gasteiger partial charge on any atom is 0.207 e. The molecule has 7 nitrogen and oxygen atoms in total. The Balaban J connectivity index is 2.14. The number of nitrogens with one attached hydrogen (secondary N) is 1. The number of ether oxygens (including phenoxy) is 1. The van der Waals surface area contributed by atoms with Gasteiger partial charge in [0.25, 0.3) is 0 Å². The van der Waals surface area contributed by atoms with Crippen LogP contribution in [0, 0.1) is 0 Å². The molecule has 1 aromatic heterocycles. The molecule has 0 saturated carbocycles. The topological polar surface area (TPSA) is 104 Å². The van der Waals surface area contributed by atoms with E-state index in [0.29, 0.717) is 5.82 Å².